The maximum atomic E-state index is 12.1. The Balaban J connectivity index is 2.80. The molecule has 0 aromatic carbocycles. The number of nitrogens with zero attached hydrogens (tertiary/aromatic N) is 1. The fourth-order valence-electron chi connectivity index (χ4n) is 1.36. The van der Waals surface area contributed by atoms with E-state index >= 15 is 0 Å². The lowest BCUT2D eigenvalue weighted by molar-refractivity contribution is 0.0700. The summed E-state index contributed by atoms with van der Waals surface area (Å²) in [4.78, 5) is 25.0. The number of carbonyl (C=O) groups is 2. The third-order valence-electron chi connectivity index (χ3n) is 2.23. The van der Waals surface area contributed by atoms with E-state index in [1.54, 1.807) is 18.1 Å². The van der Waals surface area contributed by atoms with Crippen molar-refractivity contribution in [2.75, 3.05) is 26.8 Å². The number of carbonyl (C=O) groups excluding carboxylic acids is 1. The summed E-state index contributed by atoms with van der Waals surface area (Å²) in [6, 6.07) is 2.96. The normalized spacial score (nSPS) is 10.1. The Morgan fingerprint density at radius 2 is 2.17 bits per heavy atom. The molecule has 0 spiro atoms. The third-order valence-corrected chi connectivity index (χ3v) is 3.29. The second-order valence-electron chi connectivity index (χ2n) is 3.50. The van der Waals surface area contributed by atoms with Crippen molar-refractivity contribution in [3.8, 4) is 0 Å². The van der Waals surface area contributed by atoms with E-state index in [2.05, 4.69) is 6.58 Å². The molecule has 1 aromatic rings. The average molecular weight is 269 g/mol. The van der Waals surface area contributed by atoms with Crippen molar-refractivity contribution < 1.29 is 19.4 Å². The SMILES string of the molecule is C=CCN(CCOC)C(=O)c1ccc(C(=O)O)s1. The lowest BCUT2D eigenvalue weighted by Crippen LogP contribution is -2.33. The summed E-state index contributed by atoms with van der Waals surface area (Å²) in [5, 5.41) is 8.81. The summed E-state index contributed by atoms with van der Waals surface area (Å²) in [7, 11) is 1.56. The van der Waals surface area contributed by atoms with Crippen LogP contribution in [0, 0.1) is 0 Å². The summed E-state index contributed by atoms with van der Waals surface area (Å²) in [6.07, 6.45) is 1.62. The van der Waals surface area contributed by atoms with Crippen molar-refractivity contribution in [1.82, 2.24) is 4.90 Å². The molecule has 1 rings (SSSR count). The van der Waals surface area contributed by atoms with Gasteiger partial charge in [-0.05, 0) is 12.1 Å². The van der Waals surface area contributed by atoms with Gasteiger partial charge in [-0.25, -0.2) is 4.79 Å². The van der Waals surface area contributed by atoms with Gasteiger partial charge in [0.15, 0.2) is 0 Å². The van der Waals surface area contributed by atoms with Crippen LogP contribution >= 0.6 is 11.3 Å². The van der Waals surface area contributed by atoms with E-state index in [1.807, 2.05) is 0 Å². The molecule has 0 saturated heterocycles. The molecule has 1 aromatic heterocycles. The minimum atomic E-state index is -1.02. The highest BCUT2D eigenvalue weighted by Crippen LogP contribution is 2.18. The Morgan fingerprint density at radius 3 is 2.67 bits per heavy atom. The molecule has 18 heavy (non-hydrogen) atoms. The van der Waals surface area contributed by atoms with Gasteiger partial charge in [0.25, 0.3) is 5.91 Å². The third kappa shape index (κ3) is 3.68. The summed E-state index contributed by atoms with van der Waals surface area (Å²) in [5.41, 5.74) is 0. The highest BCUT2D eigenvalue weighted by Gasteiger charge is 2.18. The molecule has 0 aliphatic heterocycles. The van der Waals surface area contributed by atoms with Gasteiger partial charge < -0.3 is 14.7 Å². The van der Waals surface area contributed by atoms with Gasteiger partial charge in [-0.15, -0.1) is 17.9 Å². The van der Waals surface area contributed by atoms with Gasteiger partial charge in [0, 0.05) is 20.2 Å². The first kappa shape index (κ1) is 14.4. The topological polar surface area (TPSA) is 66.8 Å². The summed E-state index contributed by atoms with van der Waals surface area (Å²) >= 11 is 0.971. The molecule has 0 atom stereocenters. The zero-order valence-electron chi connectivity index (χ0n) is 10.1. The highest BCUT2D eigenvalue weighted by molar-refractivity contribution is 7.15. The zero-order valence-corrected chi connectivity index (χ0v) is 10.9. The van der Waals surface area contributed by atoms with Crippen LogP contribution in [0.1, 0.15) is 19.3 Å². The van der Waals surface area contributed by atoms with E-state index in [0.29, 0.717) is 24.6 Å². The Hall–Kier alpha value is -1.66. The van der Waals surface area contributed by atoms with Crippen LogP contribution in [0.3, 0.4) is 0 Å². The number of rotatable bonds is 7. The number of thiophene rings is 1. The van der Waals surface area contributed by atoms with Gasteiger partial charge in [0.05, 0.1) is 11.5 Å². The summed E-state index contributed by atoms with van der Waals surface area (Å²) in [5.74, 6) is -1.23. The predicted octanol–water partition coefficient (Wildman–Crippen LogP) is 1.72. The Kier molecular flexibility index (Phi) is 5.54. The lowest BCUT2D eigenvalue weighted by atomic mass is 10.3. The van der Waals surface area contributed by atoms with Gasteiger partial charge in [-0.2, -0.15) is 0 Å². The van der Waals surface area contributed by atoms with Crippen LogP contribution in [-0.4, -0.2) is 48.7 Å². The van der Waals surface area contributed by atoms with Gasteiger partial charge >= 0.3 is 5.97 Å². The molecular formula is C12H15NO4S. The van der Waals surface area contributed by atoms with E-state index in [1.165, 1.54) is 12.1 Å². The van der Waals surface area contributed by atoms with E-state index < -0.39 is 5.97 Å². The molecule has 98 valence electrons. The van der Waals surface area contributed by atoms with E-state index in [0.717, 1.165) is 11.3 Å². The number of aromatic carboxylic acids is 1. The Morgan fingerprint density at radius 1 is 1.50 bits per heavy atom. The molecule has 6 heteroatoms. The summed E-state index contributed by atoms with van der Waals surface area (Å²) in [6.45, 7) is 4.87. The number of carboxylic acid groups (broad SMARTS) is 1. The second-order valence-corrected chi connectivity index (χ2v) is 4.59. The van der Waals surface area contributed by atoms with Gasteiger partial charge in [-0.3, -0.25) is 4.79 Å². The van der Waals surface area contributed by atoms with Crippen LogP contribution in [0.4, 0.5) is 0 Å². The predicted molar refractivity (Wildman–Crippen MR) is 69.3 cm³/mol. The second kappa shape index (κ2) is 6.93. The summed E-state index contributed by atoms with van der Waals surface area (Å²) < 4.78 is 4.93. The average Bonchev–Trinajstić information content (AvgIpc) is 2.83. The van der Waals surface area contributed by atoms with Crippen molar-refractivity contribution in [3.05, 3.63) is 34.5 Å². The monoisotopic (exact) mass is 269 g/mol. The molecule has 0 aliphatic rings. The van der Waals surface area contributed by atoms with E-state index in [9.17, 15) is 9.59 Å². The molecule has 1 amide bonds. The largest absolute Gasteiger partial charge is 0.477 e. The standard InChI is InChI=1S/C12H15NO4S/c1-3-6-13(7-8-17-2)11(14)9-4-5-10(18-9)12(15)16/h3-5H,1,6-8H2,2H3,(H,15,16). The lowest BCUT2D eigenvalue weighted by Gasteiger charge is -2.19. The van der Waals surface area contributed by atoms with Crippen LogP contribution in [0.25, 0.3) is 0 Å². The molecule has 1 heterocycles. The fourth-order valence-corrected chi connectivity index (χ4v) is 2.17. The zero-order chi connectivity index (χ0) is 13.5. The number of hydrogen-bond acceptors (Lipinski definition) is 4. The number of amides is 1. The molecule has 5 nitrogen and oxygen atoms in total. The Bertz CT molecular complexity index is 441. The quantitative estimate of drug-likeness (QED) is 0.765. The first-order valence-corrected chi connectivity index (χ1v) is 6.14. The Labute approximate surface area is 109 Å². The van der Waals surface area contributed by atoms with Crippen molar-refractivity contribution in [2.45, 2.75) is 0 Å². The fraction of sp³-hybridized carbons (Fsp3) is 0.333. The van der Waals surface area contributed by atoms with Gasteiger partial charge in [-0.1, -0.05) is 6.08 Å². The number of hydrogen-bond donors (Lipinski definition) is 1. The number of carboxylic acids is 1. The molecule has 0 radical (unpaired) electrons. The molecule has 0 saturated carbocycles. The van der Waals surface area contributed by atoms with Crippen LogP contribution in [0.5, 0.6) is 0 Å². The molecule has 1 N–H and O–H groups in total. The maximum Gasteiger partial charge on any atom is 0.345 e. The van der Waals surface area contributed by atoms with Crippen LogP contribution in [0.2, 0.25) is 0 Å². The molecule has 0 fully saturated rings. The van der Waals surface area contributed by atoms with Crippen molar-refractivity contribution in [1.29, 1.82) is 0 Å². The van der Waals surface area contributed by atoms with Crippen LogP contribution in [0.15, 0.2) is 24.8 Å². The molecule has 0 unspecified atom stereocenters. The molecule has 0 bridgehead atoms. The molecule has 0 aliphatic carbocycles. The highest BCUT2D eigenvalue weighted by atomic mass is 32.1. The van der Waals surface area contributed by atoms with Gasteiger partial charge in [0.1, 0.15) is 4.88 Å². The van der Waals surface area contributed by atoms with Crippen LogP contribution < -0.4 is 0 Å². The maximum absolute atomic E-state index is 12.1. The minimum Gasteiger partial charge on any atom is -0.477 e. The first-order chi connectivity index (χ1) is 8.60. The number of ether oxygens (including phenoxy) is 1. The van der Waals surface area contributed by atoms with Crippen molar-refractivity contribution in [3.63, 3.8) is 0 Å². The van der Waals surface area contributed by atoms with Crippen molar-refractivity contribution in [2.24, 2.45) is 0 Å². The van der Waals surface area contributed by atoms with Crippen molar-refractivity contribution >= 4 is 23.2 Å². The first-order valence-electron chi connectivity index (χ1n) is 5.32. The minimum absolute atomic E-state index is 0.156. The van der Waals surface area contributed by atoms with Gasteiger partial charge in [0.2, 0.25) is 0 Å². The molecular weight excluding hydrogens is 254 g/mol. The van der Waals surface area contributed by atoms with E-state index in [-0.39, 0.29) is 10.8 Å². The smallest absolute Gasteiger partial charge is 0.345 e. The van der Waals surface area contributed by atoms with E-state index in [4.69, 9.17) is 9.84 Å². The van der Waals surface area contributed by atoms with Crippen LogP contribution in [-0.2, 0) is 4.74 Å². The number of methoxy groups -OCH3 is 1.